The highest BCUT2D eigenvalue weighted by Crippen LogP contribution is 2.68. The van der Waals surface area contributed by atoms with E-state index >= 15 is 4.79 Å². The van der Waals surface area contributed by atoms with Gasteiger partial charge < -0.3 is 38.3 Å². The fourth-order valence-electron chi connectivity index (χ4n) is 12.6. The van der Waals surface area contributed by atoms with E-state index in [9.17, 15) is 19.5 Å². The summed E-state index contributed by atoms with van der Waals surface area (Å²) in [6.45, 7) is 25.3. The standard InChI is InChI=1S/C52H71NO12/c1-28(2)22-35-41(64-44(53(35)46(56)65-48(7,8)9)34-21-20-29(3)23-36(34)59-14)45(55)62-37-25-52(58)32(6)42-50(12)27-61-38(50)24-39(63-47(57)60-26-33-18-16-15-17-19-33)51(42,13)43(54)31(5)40(30(37)4)49(52,10)11/h15-21,23,28,31-32,35,37-39,41-42,44,58H,22,24-27H2,1-14H3/t31-,32+,35+,37+,38-,39+,41-,42-,44?,50-,51-,52-/m1/s1. The molecule has 1 amide bonds. The van der Waals surface area contributed by atoms with Crippen LogP contribution < -0.4 is 4.74 Å². The number of benzene rings is 2. The van der Waals surface area contributed by atoms with Crippen LogP contribution in [0.2, 0.25) is 0 Å². The van der Waals surface area contributed by atoms with Gasteiger partial charge in [-0.15, -0.1) is 0 Å². The van der Waals surface area contributed by atoms with Gasteiger partial charge in [0.2, 0.25) is 0 Å². The summed E-state index contributed by atoms with van der Waals surface area (Å²) in [5.41, 5.74) is -1.52. The van der Waals surface area contributed by atoms with Gasteiger partial charge in [0.25, 0.3) is 0 Å². The van der Waals surface area contributed by atoms with E-state index in [1.807, 2.05) is 111 Å². The van der Waals surface area contributed by atoms with E-state index in [1.54, 1.807) is 27.9 Å². The average molecular weight is 902 g/mol. The lowest BCUT2D eigenvalue weighted by molar-refractivity contribution is -0.302. The highest BCUT2D eigenvalue weighted by atomic mass is 16.7. The first-order chi connectivity index (χ1) is 30.3. The molecule has 0 radical (unpaired) electrons. The molecule has 2 aliphatic heterocycles. The Morgan fingerprint density at radius 3 is 2.26 bits per heavy atom. The molecule has 13 nitrogen and oxygen atoms in total. The summed E-state index contributed by atoms with van der Waals surface area (Å²) in [6, 6.07) is 14.1. The minimum Gasteiger partial charge on any atom is -0.496 e. The van der Waals surface area contributed by atoms with Crippen LogP contribution in [-0.4, -0.2) is 89.4 Å². The van der Waals surface area contributed by atoms with Crippen LogP contribution in [0.25, 0.3) is 0 Å². The Morgan fingerprint density at radius 2 is 1.66 bits per heavy atom. The van der Waals surface area contributed by atoms with Crippen molar-refractivity contribution in [3.8, 4) is 5.75 Å². The van der Waals surface area contributed by atoms with Gasteiger partial charge in [0.1, 0.15) is 35.9 Å². The monoisotopic (exact) mass is 901 g/mol. The first-order valence-corrected chi connectivity index (χ1v) is 23.3. The summed E-state index contributed by atoms with van der Waals surface area (Å²) in [5.74, 6) is -2.19. The lowest BCUT2D eigenvalue weighted by Gasteiger charge is -2.68. The van der Waals surface area contributed by atoms with Gasteiger partial charge in [-0.1, -0.05) is 90.9 Å². The molecule has 2 bridgehead atoms. The molecular weight excluding hydrogens is 831 g/mol. The number of rotatable bonds is 9. The summed E-state index contributed by atoms with van der Waals surface area (Å²) >= 11 is 0. The topological polar surface area (TPSA) is 156 Å². The normalized spacial score (nSPS) is 35.2. The summed E-state index contributed by atoms with van der Waals surface area (Å²) < 4.78 is 43.0. The summed E-state index contributed by atoms with van der Waals surface area (Å²) in [6.07, 6.45) is -5.30. The van der Waals surface area contributed by atoms with Crippen molar-refractivity contribution in [1.29, 1.82) is 0 Å². The Bertz CT molecular complexity index is 2200. The van der Waals surface area contributed by atoms with Crippen LogP contribution in [0.3, 0.4) is 0 Å². The first kappa shape index (κ1) is 48.5. The van der Waals surface area contributed by atoms with Crippen molar-refractivity contribution in [2.24, 2.45) is 39.9 Å². The summed E-state index contributed by atoms with van der Waals surface area (Å²) in [5, 5.41) is 13.6. The van der Waals surface area contributed by atoms with Crippen molar-refractivity contribution in [1.82, 2.24) is 4.90 Å². The van der Waals surface area contributed by atoms with E-state index in [2.05, 4.69) is 6.92 Å². The number of ketones is 1. The highest BCUT2D eigenvalue weighted by Gasteiger charge is 2.73. The highest BCUT2D eigenvalue weighted by molar-refractivity contribution is 5.91. The molecule has 0 aromatic heterocycles. The second-order valence-corrected chi connectivity index (χ2v) is 21.8. The molecule has 2 saturated heterocycles. The molecule has 2 saturated carbocycles. The number of hydrogen-bond acceptors (Lipinski definition) is 12. The van der Waals surface area contributed by atoms with E-state index in [1.165, 1.54) is 4.90 Å². The van der Waals surface area contributed by atoms with E-state index in [0.717, 1.165) is 11.1 Å². The van der Waals surface area contributed by atoms with Crippen LogP contribution in [0.4, 0.5) is 9.59 Å². The van der Waals surface area contributed by atoms with Crippen LogP contribution in [0.5, 0.6) is 5.75 Å². The number of nitrogens with zero attached hydrogens (tertiary/aromatic N) is 1. The lowest BCUT2D eigenvalue weighted by atomic mass is 9.40. The number of aliphatic hydroxyl groups is 1. The van der Waals surface area contributed by atoms with Crippen LogP contribution in [-0.2, 0) is 44.6 Å². The Kier molecular flexibility index (Phi) is 12.9. The van der Waals surface area contributed by atoms with Crippen LogP contribution in [0, 0.1) is 46.8 Å². The van der Waals surface area contributed by atoms with Crippen LogP contribution >= 0.6 is 0 Å². The maximum absolute atomic E-state index is 15.6. The molecule has 0 spiro atoms. The molecule has 4 fully saturated rings. The number of ether oxygens (including phenoxy) is 7. The Hall–Kier alpha value is -4.46. The molecular formula is C52H71NO12. The number of esters is 1. The van der Waals surface area contributed by atoms with E-state index in [-0.39, 0.29) is 30.8 Å². The van der Waals surface area contributed by atoms with E-state index in [0.29, 0.717) is 41.9 Å². The van der Waals surface area contributed by atoms with Gasteiger partial charge in [-0.25, -0.2) is 14.4 Å². The number of amides is 1. The minimum atomic E-state index is -1.54. The SMILES string of the molecule is COc1cc(C)ccc1C1O[C@@H](C(=O)O[C@H]2C[C@@]3(O)[C@@H](C)[C@@H]4[C@]5(C)CO[C@@H]5C[C@H](OC(=O)OCc5ccccc5)[C@@]4(C)C(=O)[C@H](C)C(=C2C)C3(C)C)[C@H](CC(C)C)N1C(=O)OC(C)(C)C. The zero-order chi connectivity index (χ0) is 47.8. The minimum absolute atomic E-state index is 0.00894. The van der Waals surface area contributed by atoms with Crippen LogP contribution in [0.15, 0.2) is 59.7 Å². The molecule has 5 aliphatic rings. The second-order valence-electron chi connectivity index (χ2n) is 21.8. The quantitative estimate of drug-likeness (QED) is 0.145. The third-order valence-electron chi connectivity index (χ3n) is 15.7. The molecule has 12 atom stereocenters. The zero-order valence-electron chi connectivity index (χ0n) is 40.8. The largest absolute Gasteiger partial charge is 0.508 e. The smallest absolute Gasteiger partial charge is 0.496 e. The Balaban J connectivity index is 1.26. The van der Waals surface area contributed by atoms with Crippen molar-refractivity contribution in [2.45, 2.75) is 164 Å². The van der Waals surface area contributed by atoms with Crippen molar-refractivity contribution in [3.63, 3.8) is 0 Å². The molecule has 65 heavy (non-hydrogen) atoms. The Labute approximate surface area is 384 Å². The maximum atomic E-state index is 15.6. The van der Waals surface area contributed by atoms with Crippen molar-refractivity contribution in [3.05, 3.63) is 76.4 Å². The molecule has 356 valence electrons. The number of carbonyl (C=O) groups is 4. The number of hydrogen-bond donors (Lipinski definition) is 1. The molecule has 7 rings (SSSR count). The van der Waals surface area contributed by atoms with Crippen molar-refractivity contribution in [2.75, 3.05) is 13.7 Å². The molecule has 3 aliphatic carbocycles. The number of methoxy groups -OCH3 is 1. The van der Waals surface area contributed by atoms with Gasteiger partial charge in [-0.05, 0) is 94.1 Å². The third-order valence-corrected chi connectivity index (χ3v) is 15.7. The summed E-state index contributed by atoms with van der Waals surface area (Å²) in [7, 11) is 1.55. The molecule has 2 heterocycles. The van der Waals surface area contributed by atoms with Gasteiger partial charge >= 0.3 is 18.2 Å². The van der Waals surface area contributed by atoms with Crippen LogP contribution in [0.1, 0.15) is 125 Å². The van der Waals surface area contributed by atoms with E-state index in [4.69, 9.17) is 33.2 Å². The first-order valence-electron chi connectivity index (χ1n) is 23.3. The number of Topliss-reactive ketones (excluding diaryl/α,β-unsaturated/α-hetero) is 1. The molecule has 2 aromatic carbocycles. The predicted molar refractivity (Wildman–Crippen MR) is 241 cm³/mol. The van der Waals surface area contributed by atoms with Gasteiger partial charge in [-0.2, -0.15) is 0 Å². The van der Waals surface area contributed by atoms with Gasteiger partial charge in [0.05, 0.1) is 36.9 Å². The predicted octanol–water partition coefficient (Wildman–Crippen LogP) is 9.45. The average Bonchev–Trinajstić information content (AvgIpc) is 3.59. The summed E-state index contributed by atoms with van der Waals surface area (Å²) in [4.78, 5) is 59.8. The van der Waals surface area contributed by atoms with Gasteiger partial charge in [0.15, 0.2) is 12.3 Å². The zero-order valence-corrected chi connectivity index (χ0v) is 40.8. The number of aryl methyl sites for hydroxylation is 1. The third kappa shape index (κ3) is 8.25. The number of carbonyl (C=O) groups excluding carboxylic acids is 4. The van der Waals surface area contributed by atoms with Crippen molar-refractivity contribution >= 4 is 24.0 Å². The van der Waals surface area contributed by atoms with Crippen molar-refractivity contribution < 1.29 is 57.4 Å². The number of fused-ring (bicyclic) bond motifs is 5. The van der Waals surface area contributed by atoms with Gasteiger partial charge in [-0.3, -0.25) is 9.69 Å². The fourth-order valence-corrected chi connectivity index (χ4v) is 12.6. The Morgan fingerprint density at radius 1 is 0.985 bits per heavy atom. The molecule has 1 N–H and O–H groups in total. The second kappa shape index (κ2) is 17.3. The molecule has 13 heteroatoms. The molecule has 2 aromatic rings. The van der Waals surface area contributed by atoms with E-state index < -0.39 is 94.0 Å². The lowest BCUT2D eigenvalue weighted by Crippen LogP contribution is -2.74. The fraction of sp³-hybridized carbons (Fsp3) is 0.654. The maximum Gasteiger partial charge on any atom is 0.508 e. The van der Waals surface area contributed by atoms with Gasteiger partial charge in [0, 0.05) is 35.2 Å². The molecule has 1 unspecified atom stereocenters.